The molecule has 4 aromatic rings. The van der Waals surface area contributed by atoms with Gasteiger partial charge in [-0.3, -0.25) is 0 Å². The second-order valence-electron chi connectivity index (χ2n) is 11.3. The minimum atomic E-state index is -0.990. The smallest absolute Gasteiger partial charge is 0.126 e. The van der Waals surface area contributed by atoms with Crippen molar-refractivity contribution in [3.8, 4) is 11.1 Å². The van der Waals surface area contributed by atoms with Crippen LogP contribution in [0.15, 0.2) is 97.1 Å². The third-order valence-electron chi connectivity index (χ3n) is 8.36. The van der Waals surface area contributed by atoms with Gasteiger partial charge >= 0.3 is 0 Å². The second kappa shape index (κ2) is 13.7. The second-order valence-corrected chi connectivity index (χ2v) is 11.3. The molecule has 0 amide bonds. The van der Waals surface area contributed by atoms with Crippen molar-refractivity contribution in [2.75, 3.05) is 6.61 Å². The summed E-state index contributed by atoms with van der Waals surface area (Å²) in [5, 5.41) is 11.8. The lowest BCUT2D eigenvalue weighted by Gasteiger charge is -2.46. The van der Waals surface area contributed by atoms with Gasteiger partial charge in [-0.05, 0) is 64.3 Å². The maximum atomic E-state index is 13.9. The Labute approximate surface area is 246 Å². The first-order valence-electron chi connectivity index (χ1n) is 14.5. The van der Waals surface area contributed by atoms with Crippen molar-refractivity contribution in [2.24, 2.45) is 11.8 Å². The van der Waals surface area contributed by atoms with Gasteiger partial charge in [-0.1, -0.05) is 92.7 Å². The van der Waals surface area contributed by atoms with Crippen molar-refractivity contribution in [3.63, 3.8) is 0 Å². The molecule has 220 valence electrons. The standard InChI is InChI=1S/C36H38F2O4/c1-23-16-28(29-17-30(37)19-31(38)18-29)14-15-32(23)34(39)36-35(41-21-27-12-8-5-9-13-27)25(3)24(2)33(42-36)22-40-20-26-10-6-4-7-11-26/h4-19,24-25,33-36,39H,20-22H2,1-3H3/t24-,25-,33?,34+,35?,36+/m0/s1. The van der Waals surface area contributed by atoms with Gasteiger partial charge in [-0.2, -0.15) is 0 Å². The molecule has 0 bridgehead atoms. The Bertz CT molecular complexity index is 1420. The fourth-order valence-electron chi connectivity index (χ4n) is 5.75. The molecule has 6 heteroatoms. The number of hydrogen-bond acceptors (Lipinski definition) is 4. The monoisotopic (exact) mass is 572 g/mol. The SMILES string of the molecule is Cc1cc(-c2cc(F)cc(F)c2)ccc1[C@@H](O)[C@H]1OC(COCc2ccccc2)[C@@H](C)[C@H](C)C1OCc1ccccc1. The van der Waals surface area contributed by atoms with Crippen LogP contribution in [-0.4, -0.2) is 30.0 Å². The van der Waals surface area contributed by atoms with E-state index >= 15 is 0 Å². The summed E-state index contributed by atoms with van der Waals surface area (Å²) >= 11 is 0. The van der Waals surface area contributed by atoms with Crippen molar-refractivity contribution >= 4 is 0 Å². The van der Waals surface area contributed by atoms with E-state index in [4.69, 9.17) is 14.2 Å². The third kappa shape index (κ3) is 7.13. The molecule has 6 atom stereocenters. The van der Waals surface area contributed by atoms with Gasteiger partial charge in [0.25, 0.3) is 0 Å². The lowest BCUT2D eigenvalue weighted by molar-refractivity contribution is -0.230. The molecule has 0 aromatic heterocycles. The lowest BCUT2D eigenvalue weighted by Crippen LogP contribution is -2.53. The van der Waals surface area contributed by atoms with Crippen LogP contribution < -0.4 is 0 Å². The van der Waals surface area contributed by atoms with Crippen LogP contribution in [0.1, 0.15) is 42.2 Å². The Kier molecular flexibility index (Phi) is 9.80. The predicted octanol–water partition coefficient (Wildman–Crippen LogP) is 7.82. The summed E-state index contributed by atoms with van der Waals surface area (Å²) in [4.78, 5) is 0. The molecule has 1 saturated heterocycles. The Morgan fingerprint density at radius 1 is 0.762 bits per heavy atom. The zero-order chi connectivity index (χ0) is 29.6. The van der Waals surface area contributed by atoms with Crippen LogP contribution in [0.4, 0.5) is 8.78 Å². The number of rotatable bonds is 10. The van der Waals surface area contributed by atoms with Crippen molar-refractivity contribution < 1.29 is 28.1 Å². The highest BCUT2D eigenvalue weighted by molar-refractivity contribution is 5.65. The number of hydrogen-bond donors (Lipinski definition) is 1. The molecular weight excluding hydrogens is 534 g/mol. The third-order valence-corrected chi connectivity index (χ3v) is 8.36. The van der Waals surface area contributed by atoms with E-state index in [1.54, 1.807) is 12.1 Å². The number of benzene rings is 4. The van der Waals surface area contributed by atoms with Gasteiger partial charge in [0.15, 0.2) is 0 Å². The molecule has 4 aromatic carbocycles. The van der Waals surface area contributed by atoms with E-state index < -0.39 is 23.8 Å². The summed E-state index contributed by atoms with van der Waals surface area (Å²) in [6.07, 6.45) is -2.26. The minimum absolute atomic E-state index is 0.0716. The molecule has 2 unspecified atom stereocenters. The zero-order valence-electron chi connectivity index (χ0n) is 24.3. The van der Waals surface area contributed by atoms with E-state index in [1.165, 1.54) is 12.1 Å². The van der Waals surface area contributed by atoms with Gasteiger partial charge in [0.1, 0.15) is 23.8 Å². The number of ether oxygens (including phenoxy) is 3. The lowest BCUT2D eigenvalue weighted by atomic mass is 9.78. The molecule has 0 radical (unpaired) electrons. The average molecular weight is 573 g/mol. The Morgan fingerprint density at radius 3 is 2.00 bits per heavy atom. The Hall–Kier alpha value is -3.42. The normalized spacial score (nSPS) is 23.0. The number of aryl methyl sites for hydroxylation is 1. The van der Waals surface area contributed by atoms with Crippen LogP contribution in [0.5, 0.6) is 0 Å². The van der Waals surface area contributed by atoms with Gasteiger partial charge < -0.3 is 19.3 Å². The molecule has 1 aliphatic rings. The van der Waals surface area contributed by atoms with Crippen molar-refractivity contribution in [1.82, 2.24) is 0 Å². The molecule has 1 fully saturated rings. The highest BCUT2D eigenvalue weighted by Crippen LogP contribution is 2.40. The van der Waals surface area contributed by atoms with Gasteiger partial charge in [0.2, 0.25) is 0 Å². The fraction of sp³-hybridized carbons (Fsp3) is 0.333. The van der Waals surface area contributed by atoms with Crippen molar-refractivity contribution in [1.29, 1.82) is 0 Å². The summed E-state index contributed by atoms with van der Waals surface area (Å²) in [6.45, 7) is 7.42. The van der Waals surface area contributed by atoms with Gasteiger partial charge in [-0.25, -0.2) is 8.78 Å². The molecule has 1 aliphatic heterocycles. The van der Waals surface area contributed by atoms with E-state index in [9.17, 15) is 13.9 Å². The zero-order valence-corrected chi connectivity index (χ0v) is 24.3. The molecular formula is C36H38F2O4. The highest BCUT2D eigenvalue weighted by atomic mass is 19.1. The molecule has 42 heavy (non-hydrogen) atoms. The van der Waals surface area contributed by atoms with E-state index in [2.05, 4.69) is 13.8 Å². The summed E-state index contributed by atoms with van der Waals surface area (Å²) in [5.41, 5.74) is 4.70. The first kappa shape index (κ1) is 30.1. The quantitative estimate of drug-likeness (QED) is 0.211. The first-order valence-corrected chi connectivity index (χ1v) is 14.5. The minimum Gasteiger partial charge on any atom is -0.386 e. The van der Waals surface area contributed by atoms with E-state index in [-0.39, 0.29) is 24.0 Å². The molecule has 1 N–H and O–H groups in total. The maximum Gasteiger partial charge on any atom is 0.126 e. The topological polar surface area (TPSA) is 47.9 Å². The summed E-state index contributed by atoms with van der Waals surface area (Å²) in [7, 11) is 0. The molecule has 0 spiro atoms. The van der Waals surface area contributed by atoms with Crippen LogP contribution in [0.3, 0.4) is 0 Å². The number of aliphatic hydroxyl groups is 1. The number of aliphatic hydroxyl groups excluding tert-OH is 1. The summed E-state index contributed by atoms with van der Waals surface area (Å²) < 4.78 is 46.9. The molecule has 1 heterocycles. The average Bonchev–Trinajstić information content (AvgIpc) is 2.99. The van der Waals surface area contributed by atoms with E-state index in [0.29, 0.717) is 36.5 Å². The molecule has 0 aliphatic carbocycles. The summed E-state index contributed by atoms with van der Waals surface area (Å²) in [6, 6.07) is 28.8. The van der Waals surface area contributed by atoms with Crippen LogP contribution in [0, 0.1) is 30.4 Å². The van der Waals surface area contributed by atoms with Gasteiger partial charge in [0.05, 0.1) is 32.0 Å². The van der Waals surface area contributed by atoms with Gasteiger partial charge in [0, 0.05) is 6.07 Å². The Morgan fingerprint density at radius 2 is 1.38 bits per heavy atom. The van der Waals surface area contributed by atoms with Crippen LogP contribution in [0.2, 0.25) is 0 Å². The molecule has 4 nitrogen and oxygen atoms in total. The van der Waals surface area contributed by atoms with Crippen LogP contribution in [-0.2, 0) is 27.4 Å². The van der Waals surface area contributed by atoms with E-state index in [1.807, 2.05) is 73.7 Å². The van der Waals surface area contributed by atoms with Crippen molar-refractivity contribution in [2.45, 2.75) is 58.4 Å². The maximum absolute atomic E-state index is 13.9. The highest BCUT2D eigenvalue weighted by Gasteiger charge is 2.45. The fourth-order valence-corrected chi connectivity index (χ4v) is 5.75. The largest absolute Gasteiger partial charge is 0.386 e. The Balaban J connectivity index is 1.38. The van der Waals surface area contributed by atoms with Crippen molar-refractivity contribution in [3.05, 3.63) is 131 Å². The predicted molar refractivity (Wildman–Crippen MR) is 160 cm³/mol. The molecule has 5 rings (SSSR count). The van der Waals surface area contributed by atoms with E-state index in [0.717, 1.165) is 22.8 Å². The molecule has 0 saturated carbocycles. The first-order chi connectivity index (χ1) is 20.3. The van der Waals surface area contributed by atoms with Gasteiger partial charge in [-0.15, -0.1) is 0 Å². The number of halogens is 2. The summed E-state index contributed by atoms with van der Waals surface area (Å²) in [5.74, 6) is -1.08. The van der Waals surface area contributed by atoms with Crippen LogP contribution in [0.25, 0.3) is 11.1 Å². The van der Waals surface area contributed by atoms with Crippen LogP contribution >= 0.6 is 0 Å².